The molecule has 0 aliphatic carbocycles. The summed E-state index contributed by atoms with van der Waals surface area (Å²) in [6.07, 6.45) is 1.57. The van der Waals surface area contributed by atoms with Gasteiger partial charge in [0.1, 0.15) is 11.6 Å². The summed E-state index contributed by atoms with van der Waals surface area (Å²) in [5.41, 5.74) is 0.655. The minimum atomic E-state index is -0.646. The summed E-state index contributed by atoms with van der Waals surface area (Å²) >= 11 is 1.24. The van der Waals surface area contributed by atoms with Crippen molar-refractivity contribution in [1.82, 2.24) is 14.6 Å². The molecular formula is C11H7F2N3OS. The van der Waals surface area contributed by atoms with Gasteiger partial charge in [-0.05, 0) is 23.5 Å². The van der Waals surface area contributed by atoms with E-state index >= 15 is 0 Å². The van der Waals surface area contributed by atoms with Crippen molar-refractivity contribution in [1.29, 1.82) is 0 Å². The van der Waals surface area contributed by atoms with Gasteiger partial charge in [0.25, 0.3) is 5.19 Å². The molecule has 3 rings (SSSR count). The molecule has 0 aliphatic heterocycles. The van der Waals surface area contributed by atoms with Gasteiger partial charge in [-0.15, -0.1) is 5.10 Å². The van der Waals surface area contributed by atoms with Gasteiger partial charge in [0.05, 0.1) is 19.0 Å². The van der Waals surface area contributed by atoms with Crippen LogP contribution in [0.4, 0.5) is 8.78 Å². The Morgan fingerprint density at radius 2 is 2.17 bits per heavy atom. The summed E-state index contributed by atoms with van der Waals surface area (Å²) in [4.78, 5) is 4.81. The number of benzene rings is 1. The van der Waals surface area contributed by atoms with Gasteiger partial charge in [-0.2, -0.15) is 0 Å². The number of fused-ring (bicyclic) bond motifs is 1. The summed E-state index contributed by atoms with van der Waals surface area (Å²) < 4.78 is 32.9. The van der Waals surface area contributed by atoms with Crippen LogP contribution >= 0.6 is 11.3 Å². The predicted octanol–water partition coefficient (Wildman–Crippen LogP) is 2.74. The second kappa shape index (κ2) is 4.02. The lowest BCUT2D eigenvalue weighted by atomic mass is 10.1. The molecule has 0 radical (unpaired) electrons. The number of rotatable bonds is 2. The Bertz CT molecular complexity index is 691. The standard InChI is InChI=1S/C11H7F2N3OS/c1-17-11-15-16-5-9(14-10(16)18-11)7-3-2-6(12)4-8(7)13/h2-5H,1H3. The van der Waals surface area contributed by atoms with E-state index in [2.05, 4.69) is 10.1 Å². The molecule has 0 saturated heterocycles. The number of ether oxygens (including phenoxy) is 1. The van der Waals surface area contributed by atoms with Crippen LogP contribution in [0.15, 0.2) is 24.4 Å². The van der Waals surface area contributed by atoms with E-state index in [0.717, 1.165) is 6.07 Å². The molecule has 0 unspecified atom stereocenters. The molecule has 2 aromatic heterocycles. The summed E-state index contributed by atoms with van der Waals surface area (Å²) in [7, 11) is 1.51. The fourth-order valence-electron chi connectivity index (χ4n) is 1.59. The van der Waals surface area contributed by atoms with Crippen LogP contribution in [0.5, 0.6) is 5.19 Å². The van der Waals surface area contributed by atoms with Gasteiger partial charge in [0.2, 0.25) is 4.96 Å². The first-order valence-corrected chi connectivity index (χ1v) is 5.84. The average Bonchev–Trinajstić information content (AvgIpc) is 2.86. The first-order chi connectivity index (χ1) is 8.67. The number of methoxy groups -OCH3 is 1. The van der Waals surface area contributed by atoms with Crippen molar-refractivity contribution in [2.75, 3.05) is 7.11 Å². The van der Waals surface area contributed by atoms with Crippen LogP contribution in [0, 0.1) is 11.6 Å². The van der Waals surface area contributed by atoms with Crippen LogP contribution in [0.3, 0.4) is 0 Å². The third-order valence-corrected chi connectivity index (χ3v) is 3.29. The van der Waals surface area contributed by atoms with Crippen molar-refractivity contribution in [3.63, 3.8) is 0 Å². The third-order valence-electron chi connectivity index (χ3n) is 2.41. The van der Waals surface area contributed by atoms with E-state index in [0.29, 0.717) is 15.8 Å². The highest BCUT2D eigenvalue weighted by atomic mass is 32.1. The summed E-state index contributed by atoms with van der Waals surface area (Å²) in [6.45, 7) is 0. The number of hydrogen-bond acceptors (Lipinski definition) is 4. The SMILES string of the molecule is COc1nn2cc(-c3ccc(F)cc3F)nc2s1. The van der Waals surface area contributed by atoms with Crippen LogP contribution < -0.4 is 4.74 Å². The Morgan fingerprint density at radius 3 is 2.83 bits per heavy atom. The molecule has 7 heteroatoms. The fraction of sp³-hybridized carbons (Fsp3) is 0.0909. The van der Waals surface area contributed by atoms with Crippen molar-refractivity contribution in [3.8, 4) is 16.5 Å². The van der Waals surface area contributed by atoms with Crippen molar-refractivity contribution in [2.45, 2.75) is 0 Å². The molecule has 18 heavy (non-hydrogen) atoms. The Labute approximate surface area is 104 Å². The smallest absolute Gasteiger partial charge is 0.294 e. The van der Waals surface area contributed by atoms with E-state index in [1.807, 2.05) is 0 Å². The number of aromatic nitrogens is 3. The highest BCUT2D eigenvalue weighted by Crippen LogP contribution is 2.27. The first kappa shape index (κ1) is 11.1. The molecule has 1 aromatic carbocycles. The van der Waals surface area contributed by atoms with E-state index in [4.69, 9.17) is 4.74 Å². The van der Waals surface area contributed by atoms with Gasteiger partial charge in [0.15, 0.2) is 0 Å². The molecule has 2 heterocycles. The minimum absolute atomic E-state index is 0.244. The zero-order valence-electron chi connectivity index (χ0n) is 9.22. The van der Waals surface area contributed by atoms with Crippen LogP contribution in [0.2, 0.25) is 0 Å². The average molecular weight is 267 g/mol. The molecule has 0 atom stereocenters. The maximum Gasteiger partial charge on any atom is 0.294 e. The maximum absolute atomic E-state index is 13.6. The van der Waals surface area contributed by atoms with Gasteiger partial charge in [-0.25, -0.2) is 18.3 Å². The van der Waals surface area contributed by atoms with Gasteiger partial charge >= 0.3 is 0 Å². The molecule has 0 bridgehead atoms. The van der Waals surface area contributed by atoms with Crippen molar-refractivity contribution in [3.05, 3.63) is 36.0 Å². The summed E-state index contributed by atoms with van der Waals surface area (Å²) in [5.74, 6) is -1.26. The highest BCUT2D eigenvalue weighted by molar-refractivity contribution is 7.18. The Hall–Kier alpha value is -2.02. The Balaban J connectivity index is 2.10. The molecule has 0 fully saturated rings. The Kier molecular flexibility index (Phi) is 2.48. The number of halogens is 2. The van der Waals surface area contributed by atoms with E-state index in [-0.39, 0.29) is 5.56 Å². The number of hydrogen-bond donors (Lipinski definition) is 0. The first-order valence-electron chi connectivity index (χ1n) is 5.03. The van der Waals surface area contributed by atoms with Gasteiger partial charge in [0, 0.05) is 11.6 Å². The highest BCUT2D eigenvalue weighted by Gasteiger charge is 2.13. The van der Waals surface area contributed by atoms with Crippen LogP contribution in [-0.2, 0) is 0 Å². The topological polar surface area (TPSA) is 39.4 Å². The molecule has 92 valence electrons. The Morgan fingerprint density at radius 1 is 1.33 bits per heavy atom. The van der Waals surface area contributed by atoms with Crippen LogP contribution in [0.25, 0.3) is 16.2 Å². The lowest BCUT2D eigenvalue weighted by Crippen LogP contribution is -1.87. The quantitative estimate of drug-likeness (QED) is 0.716. The van der Waals surface area contributed by atoms with E-state index in [1.165, 1.54) is 35.1 Å². The fourth-order valence-corrected chi connectivity index (χ4v) is 2.29. The zero-order chi connectivity index (χ0) is 12.7. The van der Waals surface area contributed by atoms with E-state index in [9.17, 15) is 8.78 Å². The summed E-state index contributed by atoms with van der Waals surface area (Å²) in [5, 5.41) is 4.55. The van der Waals surface area contributed by atoms with Crippen molar-refractivity contribution < 1.29 is 13.5 Å². The number of imidazole rings is 1. The molecule has 4 nitrogen and oxygen atoms in total. The van der Waals surface area contributed by atoms with Crippen molar-refractivity contribution in [2.24, 2.45) is 0 Å². The molecule has 0 N–H and O–H groups in total. The summed E-state index contributed by atoms with van der Waals surface area (Å²) in [6, 6.07) is 3.38. The van der Waals surface area contributed by atoms with Crippen molar-refractivity contribution >= 4 is 16.3 Å². The molecule has 0 amide bonds. The van der Waals surface area contributed by atoms with Gasteiger partial charge in [-0.3, -0.25) is 0 Å². The van der Waals surface area contributed by atoms with Crippen LogP contribution in [-0.4, -0.2) is 21.7 Å². The largest absolute Gasteiger partial charge is 0.472 e. The second-order valence-corrected chi connectivity index (χ2v) is 4.47. The molecule has 0 spiro atoms. The molecule has 0 aliphatic rings. The van der Waals surface area contributed by atoms with E-state index < -0.39 is 11.6 Å². The zero-order valence-corrected chi connectivity index (χ0v) is 10.0. The molecule has 0 saturated carbocycles. The molecule has 3 aromatic rings. The third kappa shape index (κ3) is 1.72. The van der Waals surface area contributed by atoms with Crippen LogP contribution in [0.1, 0.15) is 0 Å². The number of nitrogens with zero attached hydrogens (tertiary/aromatic N) is 3. The lowest BCUT2D eigenvalue weighted by Gasteiger charge is -1.98. The predicted molar refractivity (Wildman–Crippen MR) is 62.8 cm³/mol. The lowest BCUT2D eigenvalue weighted by molar-refractivity contribution is 0.405. The maximum atomic E-state index is 13.6. The monoisotopic (exact) mass is 267 g/mol. The van der Waals surface area contributed by atoms with E-state index in [1.54, 1.807) is 6.20 Å². The van der Waals surface area contributed by atoms with Gasteiger partial charge < -0.3 is 4.74 Å². The normalized spacial score (nSPS) is 11.1. The molecular weight excluding hydrogens is 260 g/mol. The van der Waals surface area contributed by atoms with Gasteiger partial charge in [-0.1, -0.05) is 0 Å². The second-order valence-electron chi connectivity index (χ2n) is 3.55. The minimum Gasteiger partial charge on any atom is -0.472 e.